The highest BCUT2D eigenvalue weighted by Gasteiger charge is 2.36. The van der Waals surface area contributed by atoms with Crippen LogP contribution >= 0.6 is 0 Å². The zero-order valence-electron chi connectivity index (χ0n) is 10.0. The van der Waals surface area contributed by atoms with Crippen molar-refractivity contribution in [1.82, 2.24) is 9.29 Å². The van der Waals surface area contributed by atoms with Gasteiger partial charge in [0.05, 0.1) is 11.5 Å². The molecule has 1 aliphatic carbocycles. The summed E-state index contributed by atoms with van der Waals surface area (Å²) >= 11 is 0. The summed E-state index contributed by atoms with van der Waals surface area (Å²) in [5.41, 5.74) is 0.510. The van der Waals surface area contributed by atoms with Crippen molar-refractivity contribution >= 4 is 10.0 Å². The van der Waals surface area contributed by atoms with Gasteiger partial charge in [-0.25, -0.2) is 8.42 Å². The predicted molar refractivity (Wildman–Crippen MR) is 63.9 cm³/mol. The van der Waals surface area contributed by atoms with E-state index in [1.165, 1.54) is 16.6 Å². The fourth-order valence-electron chi connectivity index (χ4n) is 1.92. The highest BCUT2D eigenvalue weighted by molar-refractivity contribution is 7.89. The van der Waals surface area contributed by atoms with Gasteiger partial charge in [-0.15, -0.1) is 0 Å². The van der Waals surface area contributed by atoms with Gasteiger partial charge in [-0.2, -0.15) is 4.31 Å². The molecule has 17 heavy (non-hydrogen) atoms. The van der Waals surface area contributed by atoms with E-state index in [1.54, 1.807) is 7.05 Å². The summed E-state index contributed by atoms with van der Waals surface area (Å²) in [7, 11) is -1.83. The first-order valence-electron chi connectivity index (χ1n) is 5.73. The van der Waals surface area contributed by atoms with Crippen molar-refractivity contribution in [3.63, 3.8) is 0 Å². The number of nitrogens with one attached hydrogen (secondary N) is 1. The monoisotopic (exact) mass is 258 g/mol. The molecular weight excluding hydrogens is 240 g/mol. The molecule has 1 atom stereocenters. The smallest absolute Gasteiger partial charge is 0.244 e. The summed E-state index contributed by atoms with van der Waals surface area (Å²) < 4.78 is 25.9. The van der Waals surface area contributed by atoms with Gasteiger partial charge in [0.25, 0.3) is 0 Å². The molecule has 5 nitrogen and oxygen atoms in total. The van der Waals surface area contributed by atoms with Gasteiger partial charge in [0.1, 0.15) is 0 Å². The number of rotatable bonds is 5. The van der Waals surface area contributed by atoms with Crippen LogP contribution in [-0.2, 0) is 16.6 Å². The van der Waals surface area contributed by atoms with Crippen molar-refractivity contribution in [3.05, 3.63) is 18.0 Å². The molecule has 2 N–H and O–H groups in total. The maximum absolute atomic E-state index is 12.3. The Kier molecular flexibility index (Phi) is 3.29. The second-order valence-corrected chi connectivity index (χ2v) is 6.62. The molecule has 1 heterocycles. The summed E-state index contributed by atoms with van der Waals surface area (Å²) in [6, 6.07) is 1.51. The SMILES string of the molecule is CC(C1CC1)N(C)S(=O)(=O)c1c[nH]c(CO)c1. The van der Waals surface area contributed by atoms with E-state index in [0.29, 0.717) is 11.6 Å². The number of sulfonamides is 1. The molecular formula is C11H18N2O3S. The van der Waals surface area contributed by atoms with Crippen LogP contribution in [0.5, 0.6) is 0 Å². The lowest BCUT2D eigenvalue weighted by atomic mass is 10.2. The van der Waals surface area contributed by atoms with E-state index >= 15 is 0 Å². The summed E-state index contributed by atoms with van der Waals surface area (Å²) in [5, 5.41) is 8.92. The summed E-state index contributed by atoms with van der Waals surface area (Å²) in [5.74, 6) is 0.492. The van der Waals surface area contributed by atoms with Gasteiger partial charge < -0.3 is 10.1 Å². The number of aromatic nitrogens is 1. The molecule has 0 spiro atoms. The van der Waals surface area contributed by atoms with E-state index < -0.39 is 10.0 Å². The van der Waals surface area contributed by atoms with Gasteiger partial charge in [-0.05, 0) is 31.7 Å². The van der Waals surface area contributed by atoms with E-state index in [1.807, 2.05) is 6.92 Å². The lowest BCUT2D eigenvalue weighted by molar-refractivity contribution is 0.277. The predicted octanol–water partition coefficient (Wildman–Crippen LogP) is 0.926. The van der Waals surface area contributed by atoms with Crippen LogP contribution in [0.2, 0.25) is 0 Å². The van der Waals surface area contributed by atoms with Crippen LogP contribution in [0.1, 0.15) is 25.5 Å². The van der Waals surface area contributed by atoms with Gasteiger partial charge in [-0.3, -0.25) is 0 Å². The van der Waals surface area contributed by atoms with Crippen LogP contribution in [-0.4, -0.2) is 35.9 Å². The van der Waals surface area contributed by atoms with Crippen molar-refractivity contribution in [1.29, 1.82) is 0 Å². The summed E-state index contributed by atoms with van der Waals surface area (Å²) in [4.78, 5) is 2.96. The van der Waals surface area contributed by atoms with Crippen molar-refractivity contribution in [2.24, 2.45) is 5.92 Å². The number of H-pyrrole nitrogens is 1. The number of nitrogens with zero attached hydrogens (tertiary/aromatic N) is 1. The molecule has 1 saturated carbocycles. The van der Waals surface area contributed by atoms with E-state index in [-0.39, 0.29) is 17.5 Å². The van der Waals surface area contributed by atoms with E-state index in [9.17, 15) is 8.42 Å². The zero-order valence-corrected chi connectivity index (χ0v) is 10.9. The number of aromatic amines is 1. The molecule has 2 rings (SSSR count). The molecule has 0 aliphatic heterocycles. The summed E-state index contributed by atoms with van der Waals surface area (Å²) in [6.07, 6.45) is 3.64. The van der Waals surface area contributed by atoms with Crippen LogP contribution in [0.4, 0.5) is 0 Å². The van der Waals surface area contributed by atoms with Crippen molar-refractivity contribution in [2.75, 3.05) is 7.05 Å². The molecule has 1 fully saturated rings. The maximum Gasteiger partial charge on any atom is 0.244 e. The second kappa shape index (κ2) is 4.44. The molecule has 1 aromatic heterocycles. The van der Waals surface area contributed by atoms with Gasteiger partial charge in [0, 0.05) is 25.0 Å². The molecule has 1 unspecified atom stereocenters. The topological polar surface area (TPSA) is 73.4 Å². The number of hydrogen-bond acceptors (Lipinski definition) is 3. The molecule has 0 amide bonds. The van der Waals surface area contributed by atoms with Crippen molar-refractivity contribution < 1.29 is 13.5 Å². The largest absolute Gasteiger partial charge is 0.390 e. The van der Waals surface area contributed by atoms with E-state index in [0.717, 1.165) is 12.8 Å². The fraction of sp³-hybridized carbons (Fsp3) is 0.636. The molecule has 6 heteroatoms. The normalized spacial score (nSPS) is 18.6. The van der Waals surface area contributed by atoms with Crippen molar-refractivity contribution in [3.8, 4) is 0 Å². The van der Waals surface area contributed by atoms with Crippen LogP contribution in [0, 0.1) is 5.92 Å². The molecule has 0 saturated heterocycles. The van der Waals surface area contributed by atoms with Crippen LogP contribution in [0.25, 0.3) is 0 Å². The molecule has 1 aliphatic rings. The van der Waals surface area contributed by atoms with Crippen LogP contribution < -0.4 is 0 Å². The molecule has 96 valence electrons. The number of hydrogen-bond donors (Lipinski definition) is 2. The van der Waals surface area contributed by atoms with Crippen molar-refractivity contribution in [2.45, 2.75) is 37.3 Å². The van der Waals surface area contributed by atoms with Crippen LogP contribution in [0.3, 0.4) is 0 Å². The Morgan fingerprint density at radius 1 is 1.59 bits per heavy atom. The third kappa shape index (κ3) is 2.38. The Morgan fingerprint density at radius 2 is 2.24 bits per heavy atom. The lowest BCUT2D eigenvalue weighted by Gasteiger charge is -2.23. The minimum atomic E-state index is -3.44. The third-order valence-electron chi connectivity index (χ3n) is 3.44. The van der Waals surface area contributed by atoms with E-state index in [2.05, 4.69) is 4.98 Å². The number of aliphatic hydroxyl groups is 1. The quantitative estimate of drug-likeness (QED) is 0.825. The first kappa shape index (κ1) is 12.6. The first-order valence-corrected chi connectivity index (χ1v) is 7.17. The minimum Gasteiger partial charge on any atom is -0.390 e. The third-order valence-corrected chi connectivity index (χ3v) is 5.36. The average molecular weight is 258 g/mol. The minimum absolute atomic E-state index is 0.0347. The second-order valence-electron chi connectivity index (χ2n) is 4.62. The van der Waals surface area contributed by atoms with Gasteiger partial charge >= 0.3 is 0 Å². The average Bonchev–Trinajstić information content (AvgIpc) is 3.04. The lowest BCUT2D eigenvalue weighted by Crippen LogP contribution is -2.36. The van der Waals surface area contributed by atoms with E-state index in [4.69, 9.17) is 5.11 Å². The fourth-order valence-corrected chi connectivity index (χ4v) is 3.36. The standard InChI is InChI=1S/C11H18N2O3S/c1-8(9-3-4-9)13(2)17(15,16)11-5-10(7-14)12-6-11/h5-6,8-9,12,14H,3-4,7H2,1-2H3. The summed E-state index contributed by atoms with van der Waals surface area (Å²) in [6.45, 7) is 1.76. The highest BCUT2D eigenvalue weighted by Crippen LogP contribution is 2.36. The maximum atomic E-state index is 12.3. The molecule has 0 bridgehead atoms. The zero-order chi connectivity index (χ0) is 12.6. The Balaban J connectivity index is 2.22. The number of aliphatic hydroxyl groups excluding tert-OH is 1. The van der Waals surface area contributed by atoms with Crippen LogP contribution in [0.15, 0.2) is 17.2 Å². The first-order chi connectivity index (χ1) is 7.96. The van der Waals surface area contributed by atoms with Gasteiger partial charge in [-0.1, -0.05) is 0 Å². The molecule has 0 aromatic carbocycles. The van der Waals surface area contributed by atoms with Gasteiger partial charge in [0.2, 0.25) is 10.0 Å². The Bertz CT molecular complexity index is 491. The highest BCUT2D eigenvalue weighted by atomic mass is 32.2. The molecule has 1 aromatic rings. The molecule has 0 radical (unpaired) electrons. The Hall–Kier alpha value is -0.850. The Labute approximate surface area is 102 Å². The Morgan fingerprint density at radius 3 is 2.71 bits per heavy atom. The van der Waals surface area contributed by atoms with Gasteiger partial charge in [0.15, 0.2) is 0 Å².